The second-order valence-electron chi connectivity index (χ2n) is 6.55. The minimum absolute atomic E-state index is 0.121. The summed E-state index contributed by atoms with van der Waals surface area (Å²) in [7, 11) is 0. The maximum Gasteiger partial charge on any atom is 0.271 e. The Kier molecular flexibility index (Phi) is 5.98. The molecule has 1 aromatic carbocycles. The topological polar surface area (TPSA) is 70.7 Å². The smallest absolute Gasteiger partial charge is 0.271 e. The standard InChI is InChI=1S/C19H24N4OS2/c1-11(2)17-16(20-12(3)26-17)19(24)23-15(9-10-25-4)18-21-13-7-5-6-8-14(13)22-18/h5-8,11,15H,9-10H2,1-4H3,(H,21,22)(H,23,24)/t15-/m0/s1. The summed E-state index contributed by atoms with van der Waals surface area (Å²) < 4.78 is 0. The van der Waals surface area contributed by atoms with Crippen LogP contribution >= 0.6 is 23.1 Å². The van der Waals surface area contributed by atoms with Crippen molar-refractivity contribution in [3.63, 3.8) is 0 Å². The van der Waals surface area contributed by atoms with Crippen LogP contribution < -0.4 is 5.32 Å². The summed E-state index contributed by atoms with van der Waals surface area (Å²) in [4.78, 5) is 26.5. The molecule has 0 aliphatic rings. The molecule has 0 radical (unpaired) electrons. The largest absolute Gasteiger partial charge is 0.341 e. The highest BCUT2D eigenvalue weighted by molar-refractivity contribution is 7.98. The summed E-state index contributed by atoms with van der Waals surface area (Å²) in [6, 6.07) is 7.76. The third kappa shape index (κ3) is 4.10. The Hall–Kier alpha value is -1.86. The van der Waals surface area contributed by atoms with Gasteiger partial charge in [0.15, 0.2) is 0 Å². The average Bonchev–Trinajstić information content (AvgIpc) is 3.21. The molecule has 1 amide bonds. The van der Waals surface area contributed by atoms with Crippen LogP contribution in [0, 0.1) is 6.92 Å². The summed E-state index contributed by atoms with van der Waals surface area (Å²) in [5.74, 6) is 1.89. The Morgan fingerprint density at radius 1 is 1.31 bits per heavy atom. The van der Waals surface area contributed by atoms with Gasteiger partial charge in [0.2, 0.25) is 0 Å². The molecule has 2 heterocycles. The van der Waals surface area contributed by atoms with Gasteiger partial charge in [0.1, 0.15) is 11.5 Å². The van der Waals surface area contributed by atoms with E-state index in [1.54, 1.807) is 23.1 Å². The molecule has 2 N–H and O–H groups in total. The number of fused-ring (bicyclic) bond motifs is 1. The Bertz CT molecular complexity index is 867. The van der Waals surface area contributed by atoms with Gasteiger partial charge in [0.25, 0.3) is 5.91 Å². The Balaban J connectivity index is 1.87. The molecule has 2 aromatic heterocycles. The van der Waals surface area contributed by atoms with Crippen molar-refractivity contribution < 1.29 is 4.79 Å². The number of H-pyrrole nitrogens is 1. The van der Waals surface area contributed by atoms with Gasteiger partial charge in [-0.15, -0.1) is 11.3 Å². The van der Waals surface area contributed by atoms with E-state index in [4.69, 9.17) is 0 Å². The number of para-hydroxylation sites is 2. The molecular weight excluding hydrogens is 364 g/mol. The van der Waals surface area contributed by atoms with Crippen LogP contribution in [0.1, 0.15) is 58.4 Å². The van der Waals surface area contributed by atoms with Crippen LogP contribution in [0.3, 0.4) is 0 Å². The number of nitrogens with one attached hydrogen (secondary N) is 2. The van der Waals surface area contributed by atoms with Crippen molar-refractivity contribution in [3.05, 3.63) is 45.7 Å². The first-order valence-electron chi connectivity index (χ1n) is 8.71. The van der Waals surface area contributed by atoms with Gasteiger partial charge in [-0.25, -0.2) is 9.97 Å². The number of imidazole rings is 1. The zero-order valence-electron chi connectivity index (χ0n) is 15.5. The van der Waals surface area contributed by atoms with Crippen LogP contribution in [0.4, 0.5) is 0 Å². The highest BCUT2D eigenvalue weighted by Gasteiger charge is 2.24. The number of aromatic amines is 1. The highest BCUT2D eigenvalue weighted by atomic mass is 32.2. The molecule has 0 saturated carbocycles. The molecule has 3 rings (SSSR count). The number of benzene rings is 1. The van der Waals surface area contributed by atoms with E-state index in [0.717, 1.165) is 38.9 Å². The zero-order chi connectivity index (χ0) is 18.7. The molecular formula is C19H24N4OS2. The van der Waals surface area contributed by atoms with Crippen molar-refractivity contribution in [2.45, 2.75) is 39.2 Å². The fourth-order valence-electron chi connectivity index (χ4n) is 2.87. The summed E-state index contributed by atoms with van der Waals surface area (Å²) in [6.45, 7) is 6.13. The molecule has 0 aliphatic carbocycles. The maximum absolute atomic E-state index is 12.9. The number of rotatable bonds is 7. The number of thiazole rings is 1. The van der Waals surface area contributed by atoms with Crippen LogP contribution in [0.15, 0.2) is 24.3 Å². The van der Waals surface area contributed by atoms with E-state index in [9.17, 15) is 4.79 Å². The van der Waals surface area contributed by atoms with Crippen LogP contribution in [-0.2, 0) is 0 Å². The molecule has 0 spiro atoms. The van der Waals surface area contributed by atoms with Crippen LogP contribution in [0.25, 0.3) is 11.0 Å². The fraction of sp³-hybridized carbons (Fsp3) is 0.421. The number of nitrogens with zero attached hydrogens (tertiary/aromatic N) is 2. The van der Waals surface area contributed by atoms with Crippen molar-refractivity contribution >= 4 is 40.0 Å². The minimum atomic E-state index is -0.163. The highest BCUT2D eigenvalue weighted by Crippen LogP contribution is 2.27. The zero-order valence-corrected chi connectivity index (χ0v) is 17.1. The summed E-state index contributed by atoms with van der Waals surface area (Å²) >= 11 is 3.36. The lowest BCUT2D eigenvalue weighted by Crippen LogP contribution is -2.30. The lowest BCUT2D eigenvalue weighted by Gasteiger charge is -2.16. The van der Waals surface area contributed by atoms with Crippen molar-refractivity contribution in [1.82, 2.24) is 20.3 Å². The maximum atomic E-state index is 12.9. The van der Waals surface area contributed by atoms with Gasteiger partial charge < -0.3 is 10.3 Å². The number of hydrogen-bond acceptors (Lipinski definition) is 5. The van der Waals surface area contributed by atoms with E-state index in [1.807, 2.05) is 31.2 Å². The SMILES string of the molecule is CSCC[C@H](NC(=O)c1nc(C)sc1C(C)C)c1nc2ccccc2[nH]1. The lowest BCUT2D eigenvalue weighted by molar-refractivity contribution is 0.0928. The van der Waals surface area contributed by atoms with Gasteiger partial charge in [0.05, 0.1) is 22.1 Å². The quantitative estimate of drug-likeness (QED) is 0.617. The van der Waals surface area contributed by atoms with Gasteiger partial charge in [-0.2, -0.15) is 11.8 Å². The van der Waals surface area contributed by atoms with E-state index in [1.165, 1.54) is 0 Å². The monoisotopic (exact) mass is 388 g/mol. The molecule has 3 aromatic rings. The van der Waals surface area contributed by atoms with Crippen molar-refractivity contribution in [1.29, 1.82) is 0 Å². The van der Waals surface area contributed by atoms with Crippen molar-refractivity contribution in [2.24, 2.45) is 0 Å². The number of aryl methyl sites for hydroxylation is 1. The molecule has 0 aliphatic heterocycles. The van der Waals surface area contributed by atoms with Crippen molar-refractivity contribution in [2.75, 3.05) is 12.0 Å². The second-order valence-corrected chi connectivity index (χ2v) is 8.77. The average molecular weight is 389 g/mol. The Morgan fingerprint density at radius 2 is 2.08 bits per heavy atom. The van der Waals surface area contributed by atoms with E-state index in [-0.39, 0.29) is 17.9 Å². The molecule has 1 atom stereocenters. The number of carbonyl (C=O) groups is 1. The summed E-state index contributed by atoms with van der Waals surface area (Å²) in [6.07, 6.45) is 2.88. The molecule has 5 nitrogen and oxygen atoms in total. The predicted octanol–water partition coefficient (Wildman–Crippen LogP) is 4.68. The van der Waals surface area contributed by atoms with Gasteiger partial charge in [-0.1, -0.05) is 26.0 Å². The van der Waals surface area contributed by atoms with Crippen LogP contribution in [-0.4, -0.2) is 32.9 Å². The molecule has 0 bridgehead atoms. The Labute approximate surface area is 162 Å². The number of thioether (sulfide) groups is 1. The van der Waals surface area contributed by atoms with E-state index >= 15 is 0 Å². The van der Waals surface area contributed by atoms with Gasteiger partial charge in [-0.05, 0) is 43.4 Å². The molecule has 138 valence electrons. The number of amides is 1. The predicted molar refractivity (Wildman–Crippen MR) is 110 cm³/mol. The van der Waals surface area contributed by atoms with Gasteiger partial charge in [0, 0.05) is 4.88 Å². The van der Waals surface area contributed by atoms with Crippen LogP contribution in [0.5, 0.6) is 0 Å². The van der Waals surface area contributed by atoms with Gasteiger partial charge in [-0.3, -0.25) is 4.79 Å². The number of carbonyl (C=O) groups excluding carboxylic acids is 1. The minimum Gasteiger partial charge on any atom is -0.341 e. The molecule has 0 saturated heterocycles. The molecule has 0 unspecified atom stereocenters. The second kappa shape index (κ2) is 8.22. The third-order valence-corrected chi connectivity index (χ3v) is 6.07. The molecule has 7 heteroatoms. The van der Waals surface area contributed by atoms with E-state index in [0.29, 0.717) is 5.69 Å². The normalized spacial score (nSPS) is 12.7. The Morgan fingerprint density at radius 3 is 2.77 bits per heavy atom. The summed E-state index contributed by atoms with van der Waals surface area (Å²) in [5.41, 5.74) is 2.45. The first kappa shape index (κ1) is 18.9. The molecule has 26 heavy (non-hydrogen) atoms. The first-order chi connectivity index (χ1) is 12.5. The molecule has 0 fully saturated rings. The van der Waals surface area contributed by atoms with Gasteiger partial charge >= 0.3 is 0 Å². The number of hydrogen-bond donors (Lipinski definition) is 2. The van der Waals surface area contributed by atoms with Crippen molar-refractivity contribution in [3.8, 4) is 0 Å². The third-order valence-electron chi connectivity index (χ3n) is 4.15. The number of aromatic nitrogens is 3. The first-order valence-corrected chi connectivity index (χ1v) is 10.9. The lowest BCUT2D eigenvalue weighted by atomic mass is 10.1. The summed E-state index contributed by atoms with van der Waals surface area (Å²) in [5, 5.41) is 4.07. The van der Waals surface area contributed by atoms with Crippen LogP contribution in [0.2, 0.25) is 0 Å². The fourth-order valence-corrected chi connectivity index (χ4v) is 4.27. The van der Waals surface area contributed by atoms with E-state index < -0.39 is 0 Å². The van der Waals surface area contributed by atoms with E-state index in [2.05, 4.69) is 40.4 Å².